The molecule has 2 unspecified atom stereocenters. The van der Waals surface area contributed by atoms with Gasteiger partial charge in [-0.1, -0.05) is 23.2 Å². The molecule has 1 amide bonds. The molecule has 2 saturated heterocycles. The summed E-state index contributed by atoms with van der Waals surface area (Å²) in [5, 5.41) is 4.50. The van der Waals surface area contributed by atoms with E-state index in [0.717, 1.165) is 50.6 Å². The van der Waals surface area contributed by atoms with Gasteiger partial charge in [0.05, 0.1) is 10.3 Å². The summed E-state index contributed by atoms with van der Waals surface area (Å²) in [6, 6.07) is 5.87. The predicted octanol–water partition coefficient (Wildman–Crippen LogP) is 2.98. The molecule has 2 fully saturated rings. The zero-order valence-corrected chi connectivity index (χ0v) is 16.1. The zero-order chi connectivity index (χ0) is 17.1. The molecule has 0 radical (unpaired) electrons. The number of likely N-dealkylation sites (tertiary alicyclic amines) is 1. The molecule has 3 rings (SSSR count). The van der Waals surface area contributed by atoms with Crippen molar-refractivity contribution in [3.8, 4) is 0 Å². The van der Waals surface area contributed by atoms with E-state index in [9.17, 15) is 4.79 Å². The summed E-state index contributed by atoms with van der Waals surface area (Å²) in [6.07, 6.45) is 1.07. The quantitative estimate of drug-likeness (QED) is 0.805. The van der Waals surface area contributed by atoms with Crippen LogP contribution in [0.1, 0.15) is 13.3 Å². The standard InChI is InChI=1S/C17H23Cl2N3OS/c1-12(24-16-10-13(18)2-3-15(16)19)17(23)22-7-4-14(11-22)21-8-5-20-6-9-21/h2-3,10,12,14,20H,4-9,11H2,1H3. The van der Waals surface area contributed by atoms with Gasteiger partial charge in [-0.25, -0.2) is 0 Å². The Bertz CT molecular complexity index is 595. The van der Waals surface area contributed by atoms with Gasteiger partial charge in [0.2, 0.25) is 5.91 Å². The van der Waals surface area contributed by atoms with Crippen LogP contribution >= 0.6 is 35.0 Å². The molecular formula is C17H23Cl2N3OS. The molecule has 0 aromatic heterocycles. The number of piperazine rings is 1. The number of nitrogens with zero attached hydrogens (tertiary/aromatic N) is 2. The molecule has 4 nitrogen and oxygen atoms in total. The van der Waals surface area contributed by atoms with Crippen molar-refractivity contribution in [2.24, 2.45) is 0 Å². The molecule has 24 heavy (non-hydrogen) atoms. The number of carbonyl (C=O) groups is 1. The number of amides is 1. The first-order chi connectivity index (χ1) is 11.5. The van der Waals surface area contributed by atoms with Crippen LogP contribution in [-0.2, 0) is 4.79 Å². The van der Waals surface area contributed by atoms with Gasteiger partial charge in [0.25, 0.3) is 0 Å². The molecule has 0 aliphatic carbocycles. The summed E-state index contributed by atoms with van der Waals surface area (Å²) < 4.78 is 0. The average molecular weight is 388 g/mol. The van der Waals surface area contributed by atoms with Crippen molar-refractivity contribution >= 4 is 40.9 Å². The van der Waals surface area contributed by atoms with Gasteiger partial charge >= 0.3 is 0 Å². The molecule has 1 aromatic rings. The van der Waals surface area contributed by atoms with Gasteiger partial charge in [-0.15, -0.1) is 11.8 Å². The van der Waals surface area contributed by atoms with Gasteiger partial charge in [0.15, 0.2) is 0 Å². The third-order valence-electron chi connectivity index (χ3n) is 4.69. The first kappa shape index (κ1) is 18.3. The summed E-state index contributed by atoms with van der Waals surface area (Å²) >= 11 is 13.7. The highest BCUT2D eigenvalue weighted by Crippen LogP contribution is 2.33. The highest BCUT2D eigenvalue weighted by molar-refractivity contribution is 8.00. The molecule has 1 aromatic carbocycles. The Kier molecular flexibility index (Phi) is 6.33. The number of thioether (sulfide) groups is 1. The molecule has 0 spiro atoms. The molecule has 0 bridgehead atoms. The molecule has 0 saturated carbocycles. The van der Waals surface area contributed by atoms with Crippen molar-refractivity contribution in [3.63, 3.8) is 0 Å². The van der Waals surface area contributed by atoms with Crippen LogP contribution in [0.5, 0.6) is 0 Å². The molecular weight excluding hydrogens is 365 g/mol. The Hall–Kier alpha value is -0.460. The summed E-state index contributed by atoms with van der Waals surface area (Å²) in [7, 11) is 0. The summed E-state index contributed by atoms with van der Waals surface area (Å²) in [5.74, 6) is 0.189. The van der Waals surface area contributed by atoms with E-state index in [0.29, 0.717) is 16.1 Å². The monoisotopic (exact) mass is 387 g/mol. The molecule has 2 aliphatic rings. The van der Waals surface area contributed by atoms with Crippen LogP contribution in [0.3, 0.4) is 0 Å². The van der Waals surface area contributed by atoms with Crippen LogP contribution in [0.25, 0.3) is 0 Å². The minimum absolute atomic E-state index is 0.164. The summed E-state index contributed by atoms with van der Waals surface area (Å²) in [5.41, 5.74) is 0. The van der Waals surface area contributed by atoms with Gasteiger partial charge in [0.1, 0.15) is 0 Å². The van der Waals surface area contributed by atoms with Crippen molar-refractivity contribution < 1.29 is 4.79 Å². The first-order valence-electron chi connectivity index (χ1n) is 8.40. The summed E-state index contributed by atoms with van der Waals surface area (Å²) in [4.78, 5) is 18.1. The number of hydrogen-bond donors (Lipinski definition) is 1. The maximum absolute atomic E-state index is 12.8. The van der Waals surface area contributed by atoms with Gasteiger partial charge in [-0.05, 0) is 31.5 Å². The number of hydrogen-bond acceptors (Lipinski definition) is 4. The summed E-state index contributed by atoms with van der Waals surface area (Å²) in [6.45, 7) is 7.88. The average Bonchev–Trinajstić information content (AvgIpc) is 3.08. The van der Waals surface area contributed by atoms with Gasteiger partial charge < -0.3 is 10.2 Å². The normalized spacial score (nSPS) is 23.5. The third-order valence-corrected chi connectivity index (χ3v) is 6.51. The van der Waals surface area contributed by atoms with Crippen molar-refractivity contribution in [1.82, 2.24) is 15.1 Å². The predicted molar refractivity (Wildman–Crippen MR) is 101 cm³/mol. The van der Waals surface area contributed by atoms with E-state index < -0.39 is 0 Å². The maximum atomic E-state index is 12.8. The molecule has 2 atom stereocenters. The third kappa shape index (κ3) is 4.38. The second-order valence-corrected chi connectivity index (χ2v) is 8.57. The fourth-order valence-corrected chi connectivity index (χ4v) is 4.85. The first-order valence-corrected chi connectivity index (χ1v) is 10.0. The van der Waals surface area contributed by atoms with E-state index in [2.05, 4.69) is 10.2 Å². The van der Waals surface area contributed by atoms with Gasteiger partial charge in [-0.3, -0.25) is 9.69 Å². The Morgan fingerprint density at radius 3 is 2.79 bits per heavy atom. The highest BCUT2D eigenvalue weighted by Gasteiger charge is 2.33. The van der Waals surface area contributed by atoms with Crippen LogP contribution in [0, 0.1) is 0 Å². The minimum Gasteiger partial charge on any atom is -0.340 e. The van der Waals surface area contributed by atoms with E-state index >= 15 is 0 Å². The fourth-order valence-electron chi connectivity index (χ4n) is 3.35. The van der Waals surface area contributed by atoms with E-state index in [1.807, 2.05) is 17.9 Å². The number of rotatable bonds is 4. The zero-order valence-electron chi connectivity index (χ0n) is 13.8. The van der Waals surface area contributed by atoms with Crippen molar-refractivity contribution in [1.29, 1.82) is 0 Å². The molecule has 7 heteroatoms. The fraction of sp³-hybridized carbons (Fsp3) is 0.588. The van der Waals surface area contributed by atoms with Crippen molar-refractivity contribution in [2.45, 2.75) is 29.5 Å². The van der Waals surface area contributed by atoms with E-state index in [1.165, 1.54) is 11.8 Å². The van der Waals surface area contributed by atoms with Crippen LogP contribution in [-0.4, -0.2) is 66.3 Å². The Morgan fingerprint density at radius 2 is 2.04 bits per heavy atom. The van der Waals surface area contributed by atoms with Gasteiger partial charge in [-0.2, -0.15) is 0 Å². The Labute approximate surface area is 157 Å². The lowest BCUT2D eigenvalue weighted by Gasteiger charge is -2.32. The topological polar surface area (TPSA) is 35.6 Å². The van der Waals surface area contributed by atoms with E-state index in [4.69, 9.17) is 23.2 Å². The smallest absolute Gasteiger partial charge is 0.235 e. The maximum Gasteiger partial charge on any atom is 0.235 e. The van der Waals surface area contributed by atoms with E-state index in [1.54, 1.807) is 12.1 Å². The lowest BCUT2D eigenvalue weighted by atomic mass is 10.2. The SMILES string of the molecule is CC(Sc1cc(Cl)ccc1Cl)C(=O)N1CCC(N2CCNCC2)C1. The molecule has 2 heterocycles. The second kappa shape index (κ2) is 8.28. The number of nitrogens with one attached hydrogen (secondary N) is 1. The lowest BCUT2D eigenvalue weighted by molar-refractivity contribution is -0.129. The van der Waals surface area contributed by atoms with Crippen LogP contribution in [0.15, 0.2) is 23.1 Å². The van der Waals surface area contributed by atoms with Crippen molar-refractivity contribution in [3.05, 3.63) is 28.2 Å². The minimum atomic E-state index is -0.164. The molecule has 2 aliphatic heterocycles. The number of halogens is 2. The van der Waals surface area contributed by atoms with Crippen molar-refractivity contribution in [2.75, 3.05) is 39.3 Å². The van der Waals surface area contributed by atoms with Crippen LogP contribution < -0.4 is 5.32 Å². The van der Waals surface area contributed by atoms with E-state index in [-0.39, 0.29) is 11.2 Å². The number of benzene rings is 1. The number of carbonyl (C=O) groups excluding carboxylic acids is 1. The highest BCUT2D eigenvalue weighted by atomic mass is 35.5. The molecule has 1 N–H and O–H groups in total. The Morgan fingerprint density at radius 1 is 1.29 bits per heavy atom. The van der Waals surface area contributed by atoms with Crippen LogP contribution in [0.2, 0.25) is 10.0 Å². The Balaban J connectivity index is 1.57. The largest absolute Gasteiger partial charge is 0.340 e. The van der Waals surface area contributed by atoms with Crippen LogP contribution in [0.4, 0.5) is 0 Å². The van der Waals surface area contributed by atoms with Gasteiger partial charge in [0, 0.05) is 55.2 Å². The second-order valence-electron chi connectivity index (χ2n) is 6.35. The lowest BCUT2D eigenvalue weighted by Crippen LogP contribution is -2.49. The molecule has 132 valence electrons.